The topological polar surface area (TPSA) is 62.7 Å². The normalized spacial score (nSPS) is 10.0. The van der Waals surface area contributed by atoms with Crippen LogP contribution in [-0.2, 0) is 13.3 Å². The fourth-order valence-electron chi connectivity index (χ4n) is 0.862. The maximum Gasteiger partial charge on any atom is 0.500 e. The van der Waals surface area contributed by atoms with E-state index in [1.165, 1.54) is 0 Å². The summed E-state index contributed by atoms with van der Waals surface area (Å²) in [4.78, 5) is 0. The zero-order valence-electron chi connectivity index (χ0n) is 8.25. The van der Waals surface area contributed by atoms with Gasteiger partial charge in [-0.05, 0) is 0 Å². The van der Waals surface area contributed by atoms with E-state index in [0.717, 1.165) is 12.5 Å². The number of hydrogen-bond donors (Lipinski definition) is 1. The van der Waals surface area contributed by atoms with Gasteiger partial charge in [0.15, 0.2) is 0 Å². The summed E-state index contributed by atoms with van der Waals surface area (Å²) in [6.45, 7) is 2.08. The third kappa shape index (κ3) is 5.23. The van der Waals surface area contributed by atoms with Crippen LogP contribution in [0.4, 0.5) is 0 Å². The average molecular weight is 262 g/mol. The van der Waals surface area contributed by atoms with E-state index >= 15 is 0 Å². The lowest BCUT2D eigenvalue weighted by Crippen LogP contribution is -2.42. The molecule has 78 valence electrons. The summed E-state index contributed by atoms with van der Waals surface area (Å²) in [5, 5.41) is 0. The van der Waals surface area contributed by atoms with Crippen molar-refractivity contribution in [3.05, 3.63) is 0 Å². The molecule has 6 heteroatoms. The Morgan fingerprint density at radius 2 is 1.33 bits per heavy atom. The molecule has 0 spiro atoms. The largest absolute Gasteiger partial charge is 0.500 e. The Morgan fingerprint density at radius 3 is 1.42 bits per heavy atom. The molecule has 0 fully saturated rings. The quantitative estimate of drug-likeness (QED) is 0.770. The van der Waals surface area contributed by atoms with Gasteiger partial charge in [0.1, 0.15) is 0 Å². The molecule has 3 N–H and O–H groups in total. The van der Waals surface area contributed by atoms with E-state index in [1.807, 2.05) is 0 Å². The summed E-state index contributed by atoms with van der Waals surface area (Å²) in [6.07, 6.45) is 1.03. The molecule has 0 aromatic carbocycles. The van der Waals surface area contributed by atoms with Crippen LogP contribution in [0.15, 0.2) is 0 Å². The second kappa shape index (κ2) is 9.62. The second-order valence-electron chi connectivity index (χ2n) is 2.05. The highest BCUT2D eigenvalue weighted by Gasteiger charge is 2.36. The van der Waals surface area contributed by atoms with Gasteiger partial charge in [0.25, 0.3) is 0 Å². The highest BCUT2D eigenvalue weighted by molar-refractivity contribution is 8.93. The van der Waals surface area contributed by atoms with Crippen molar-refractivity contribution < 1.29 is 13.3 Å². The van der Waals surface area contributed by atoms with E-state index in [-0.39, 0.29) is 23.1 Å². The summed E-state index contributed by atoms with van der Waals surface area (Å²) in [6, 6.07) is 0.885. The van der Waals surface area contributed by atoms with Gasteiger partial charge >= 0.3 is 8.80 Å². The molecule has 0 rings (SSSR count). The van der Waals surface area contributed by atoms with Crippen molar-refractivity contribution in [2.24, 2.45) is 0 Å². The molecule has 0 unspecified atom stereocenters. The molecule has 12 heavy (non-hydrogen) atoms. The lowest BCUT2D eigenvalue weighted by atomic mass is 10.6. The molecule has 0 aromatic rings. The molecule has 0 heterocycles. The highest BCUT2D eigenvalue weighted by atomic mass is 79.9. The van der Waals surface area contributed by atoms with E-state index in [4.69, 9.17) is 13.3 Å². The SMILES string of the molecule is Br.CCC[Si](OC)(OC)OC.N. The molecular weight excluding hydrogens is 242 g/mol. The highest BCUT2D eigenvalue weighted by Crippen LogP contribution is 2.13. The van der Waals surface area contributed by atoms with E-state index in [1.54, 1.807) is 21.3 Å². The monoisotopic (exact) mass is 261 g/mol. The van der Waals surface area contributed by atoms with Crippen LogP contribution in [0.1, 0.15) is 13.3 Å². The maximum atomic E-state index is 5.17. The van der Waals surface area contributed by atoms with Crippen LogP contribution in [-0.4, -0.2) is 30.1 Å². The minimum Gasteiger partial charge on any atom is -0.377 e. The van der Waals surface area contributed by atoms with Gasteiger partial charge in [0.05, 0.1) is 0 Å². The number of hydrogen-bond acceptors (Lipinski definition) is 4. The summed E-state index contributed by atoms with van der Waals surface area (Å²) in [7, 11) is 2.68. The van der Waals surface area contributed by atoms with Gasteiger partial charge < -0.3 is 19.4 Å². The van der Waals surface area contributed by atoms with Gasteiger partial charge in [-0.3, -0.25) is 0 Å². The van der Waals surface area contributed by atoms with Gasteiger partial charge in [-0.25, -0.2) is 0 Å². The summed E-state index contributed by atoms with van der Waals surface area (Å²) >= 11 is 0. The molecule has 0 atom stereocenters. The predicted molar refractivity (Wildman–Crippen MR) is 57.2 cm³/mol. The van der Waals surface area contributed by atoms with E-state index in [2.05, 4.69) is 6.92 Å². The third-order valence-corrected chi connectivity index (χ3v) is 4.47. The van der Waals surface area contributed by atoms with Crippen molar-refractivity contribution in [1.29, 1.82) is 0 Å². The zero-order valence-corrected chi connectivity index (χ0v) is 11.0. The van der Waals surface area contributed by atoms with Crippen molar-refractivity contribution in [2.45, 2.75) is 19.4 Å². The van der Waals surface area contributed by atoms with Crippen molar-refractivity contribution in [3.8, 4) is 0 Å². The third-order valence-electron chi connectivity index (χ3n) is 1.49. The van der Waals surface area contributed by atoms with Crippen LogP contribution in [0.3, 0.4) is 0 Å². The molecule has 0 saturated carbocycles. The summed E-state index contributed by atoms with van der Waals surface area (Å²) in [5.74, 6) is 0. The lowest BCUT2D eigenvalue weighted by molar-refractivity contribution is 0.123. The number of rotatable bonds is 5. The van der Waals surface area contributed by atoms with Crippen LogP contribution < -0.4 is 6.15 Å². The minimum absolute atomic E-state index is 0. The fourth-order valence-corrected chi connectivity index (χ4v) is 2.59. The molecule has 0 aliphatic rings. The van der Waals surface area contributed by atoms with Crippen molar-refractivity contribution in [3.63, 3.8) is 0 Å². The Kier molecular flexibility index (Phi) is 14.7. The Morgan fingerprint density at radius 1 is 1.00 bits per heavy atom. The minimum atomic E-state index is -2.22. The smallest absolute Gasteiger partial charge is 0.377 e. The molecular formula is C6H20BrNO3Si. The first-order valence-electron chi connectivity index (χ1n) is 3.40. The molecule has 0 aromatic heterocycles. The van der Waals surface area contributed by atoms with E-state index in [9.17, 15) is 0 Å². The van der Waals surface area contributed by atoms with Crippen LogP contribution in [0.25, 0.3) is 0 Å². The Bertz CT molecular complexity index is 84.6. The van der Waals surface area contributed by atoms with Gasteiger partial charge in [0, 0.05) is 27.4 Å². The molecule has 0 amide bonds. The van der Waals surface area contributed by atoms with Gasteiger partial charge in [-0.1, -0.05) is 13.3 Å². The molecule has 0 radical (unpaired) electrons. The molecule has 0 bridgehead atoms. The molecule has 0 aliphatic carbocycles. The first-order chi connectivity index (χ1) is 4.74. The van der Waals surface area contributed by atoms with Crippen molar-refractivity contribution in [2.75, 3.05) is 21.3 Å². The first kappa shape index (κ1) is 18.3. The zero-order chi connectivity index (χ0) is 8.04. The van der Waals surface area contributed by atoms with E-state index in [0.29, 0.717) is 0 Å². The summed E-state index contributed by atoms with van der Waals surface area (Å²) < 4.78 is 15.5. The Labute approximate surface area is 86.3 Å². The number of halogens is 1. The molecule has 4 nitrogen and oxygen atoms in total. The Balaban J connectivity index is -0.000000405. The maximum absolute atomic E-state index is 5.17. The first-order valence-corrected chi connectivity index (χ1v) is 5.33. The van der Waals surface area contributed by atoms with Crippen molar-refractivity contribution in [1.82, 2.24) is 6.15 Å². The van der Waals surface area contributed by atoms with Crippen LogP contribution in [0, 0.1) is 0 Å². The van der Waals surface area contributed by atoms with Crippen molar-refractivity contribution >= 4 is 25.8 Å². The Hall–Kier alpha value is 0.537. The van der Waals surface area contributed by atoms with Crippen LogP contribution in [0.5, 0.6) is 0 Å². The molecule has 0 saturated heterocycles. The van der Waals surface area contributed by atoms with Gasteiger partial charge in [0.2, 0.25) is 0 Å². The average Bonchev–Trinajstić information content (AvgIpc) is 2.01. The predicted octanol–water partition coefficient (Wildman–Crippen LogP) is 2.01. The van der Waals surface area contributed by atoms with Gasteiger partial charge in [-0.15, -0.1) is 17.0 Å². The van der Waals surface area contributed by atoms with E-state index < -0.39 is 8.80 Å². The summed E-state index contributed by atoms with van der Waals surface area (Å²) in [5.41, 5.74) is 0. The fraction of sp³-hybridized carbons (Fsp3) is 1.00. The van der Waals surface area contributed by atoms with Crippen LogP contribution >= 0.6 is 17.0 Å². The second-order valence-corrected chi connectivity index (χ2v) is 5.14. The standard InChI is InChI=1S/C6H16O3Si.BrH.H3N/c1-5-6-10(7-2,8-3)9-4;;/h5-6H2,1-4H3;1H;1H3. The molecule has 0 aliphatic heterocycles. The van der Waals surface area contributed by atoms with Gasteiger partial charge in [-0.2, -0.15) is 0 Å². The van der Waals surface area contributed by atoms with Crippen LogP contribution in [0.2, 0.25) is 6.04 Å². The lowest BCUT2D eigenvalue weighted by Gasteiger charge is -2.23.